The first-order valence-electron chi connectivity index (χ1n) is 12.5. The van der Waals surface area contributed by atoms with Gasteiger partial charge in [0.05, 0.1) is 5.39 Å². The van der Waals surface area contributed by atoms with Crippen molar-refractivity contribution in [3.05, 3.63) is 53.6 Å². The molecule has 10 nitrogen and oxygen atoms in total. The summed E-state index contributed by atoms with van der Waals surface area (Å²) in [5, 5.41) is 18.1. The molecule has 3 aromatic heterocycles. The minimum Gasteiger partial charge on any atom is -0.365 e. The van der Waals surface area contributed by atoms with Crippen molar-refractivity contribution < 1.29 is 13.7 Å². The van der Waals surface area contributed by atoms with Gasteiger partial charge in [-0.25, -0.2) is 9.37 Å². The first-order valence-corrected chi connectivity index (χ1v) is 12.5. The van der Waals surface area contributed by atoms with Crippen LogP contribution in [-0.4, -0.2) is 43.3 Å². The van der Waals surface area contributed by atoms with Crippen LogP contribution < -0.4 is 16.4 Å². The van der Waals surface area contributed by atoms with Gasteiger partial charge in [-0.2, -0.15) is 10.1 Å². The number of aromatic nitrogens is 5. The molecule has 4 aromatic rings. The number of fused-ring (bicyclic) bond motifs is 1. The highest BCUT2D eigenvalue weighted by molar-refractivity contribution is 6.00. The van der Waals surface area contributed by atoms with E-state index in [4.69, 9.17) is 10.3 Å². The van der Waals surface area contributed by atoms with Gasteiger partial charge in [0.2, 0.25) is 5.89 Å². The molecule has 194 valence electrons. The lowest BCUT2D eigenvalue weighted by Gasteiger charge is -2.27. The van der Waals surface area contributed by atoms with Gasteiger partial charge in [0.15, 0.2) is 11.5 Å². The molecule has 11 heteroatoms. The first kappa shape index (κ1) is 24.8. The molecular weight excluding hydrogens is 475 g/mol. The second kappa shape index (κ2) is 9.89. The number of H-pyrrole nitrogens is 1. The fourth-order valence-corrected chi connectivity index (χ4v) is 4.49. The maximum atomic E-state index is 15.1. The number of halogens is 1. The Bertz CT molecular complexity index is 1420. The molecule has 1 saturated carbocycles. The minimum absolute atomic E-state index is 0.0154. The van der Waals surface area contributed by atoms with E-state index < -0.39 is 11.7 Å². The van der Waals surface area contributed by atoms with Crippen LogP contribution in [0.15, 0.2) is 35.0 Å². The van der Waals surface area contributed by atoms with Crippen molar-refractivity contribution in [1.82, 2.24) is 30.6 Å². The van der Waals surface area contributed by atoms with Crippen LogP contribution in [0.2, 0.25) is 0 Å². The van der Waals surface area contributed by atoms with Crippen molar-refractivity contribution in [1.29, 1.82) is 0 Å². The molecule has 0 spiro atoms. The van der Waals surface area contributed by atoms with E-state index in [-0.39, 0.29) is 29.9 Å². The van der Waals surface area contributed by atoms with Gasteiger partial charge in [0.25, 0.3) is 11.7 Å². The summed E-state index contributed by atoms with van der Waals surface area (Å²) in [5.74, 6) is 0.00465. The summed E-state index contributed by atoms with van der Waals surface area (Å²) in [6, 6.07) is 7.31. The number of anilines is 1. The lowest BCUT2D eigenvalue weighted by molar-refractivity contribution is 0.0937. The number of nitrogens with two attached hydrogens (primary N) is 1. The van der Waals surface area contributed by atoms with E-state index in [2.05, 4.69) is 36.0 Å². The standard InChI is InChI=1S/C26H31FN8O2/c1-26(2,3)25-32-23(35-37-25)24(36)30-13-15-5-4-14(12-19(15)27)18-10-11-29-21-20(18)22(34-33-21)31-17-8-6-16(28)7-9-17/h4-5,10-12,16-17H,6-9,13,28H2,1-3H3,(H,30,36)(H2,29,31,33,34)/t16-,17-. The molecule has 0 unspecified atom stereocenters. The quantitative estimate of drug-likeness (QED) is 0.306. The number of aromatic amines is 1. The number of hydrogen-bond acceptors (Lipinski definition) is 8. The molecular formula is C26H31FN8O2. The third-order valence-electron chi connectivity index (χ3n) is 6.65. The molecule has 1 amide bonds. The number of carbonyl (C=O) groups excluding carboxylic acids is 1. The van der Waals surface area contributed by atoms with Crippen LogP contribution in [0.5, 0.6) is 0 Å². The van der Waals surface area contributed by atoms with Crippen LogP contribution >= 0.6 is 0 Å². The van der Waals surface area contributed by atoms with Crippen LogP contribution in [-0.2, 0) is 12.0 Å². The van der Waals surface area contributed by atoms with Gasteiger partial charge >= 0.3 is 0 Å². The van der Waals surface area contributed by atoms with Gasteiger partial charge in [-0.3, -0.25) is 9.89 Å². The van der Waals surface area contributed by atoms with E-state index in [0.717, 1.165) is 36.6 Å². The van der Waals surface area contributed by atoms with E-state index in [1.807, 2.05) is 32.9 Å². The topological polar surface area (TPSA) is 148 Å². The van der Waals surface area contributed by atoms with Crippen molar-refractivity contribution in [2.24, 2.45) is 5.73 Å². The smallest absolute Gasteiger partial charge is 0.292 e. The number of pyridine rings is 1. The molecule has 1 aliphatic carbocycles. The van der Waals surface area contributed by atoms with Crippen LogP contribution in [0, 0.1) is 5.82 Å². The SMILES string of the molecule is CC(C)(C)c1nc(C(=O)NCc2ccc(-c3ccnc4[nH]nc(N[C@H]5CC[C@H](N)CC5)c34)cc2F)no1. The number of nitrogens with zero attached hydrogens (tertiary/aromatic N) is 4. The van der Waals surface area contributed by atoms with Crippen LogP contribution in [0.3, 0.4) is 0 Å². The Hall–Kier alpha value is -3.86. The van der Waals surface area contributed by atoms with Gasteiger partial charge < -0.3 is 20.9 Å². The molecule has 3 heterocycles. The van der Waals surface area contributed by atoms with Crippen molar-refractivity contribution in [2.45, 2.75) is 70.5 Å². The van der Waals surface area contributed by atoms with Gasteiger partial charge in [-0.1, -0.05) is 38.1 Å². The van der Waals surface area contributed by atoms with Crippen molar-refractivity contribution >= 4 is 22.8 Å². The lowest BCUT2D eigenvalue weighted by Crippen LogP contribution is -2.32. The van der Waals surface area contributed by atoms with Crippen molar-refractivity contribution in [2.75, 3.05) is 5.32 Å². The number of benzene rings is 1. The maximum Gasteiger partial charge on any atom is 0.292 e. The summed E-state index contributed by atoms with van der Waals surface area (Å²) < 4.78 is 20.3. The Morgan fingerprint density at radius 1 is 1.22 bits per heavy atom. The lowest BCUT2D eigenvalue weighted by atomic mass is 9.91. The Morgan fingerprint density at radius 3 is 2.70 bits per heavy atom. The average molecular weight is 507 g/mol. The molecule has 37 heavy (non-hydrogen) atoms. The zero-order chi connectivity index (χ0) is 26.2. The number of hydrogen-bond donors (Lipinski definition) is 4. The van der Waals surface area contributed by atoms with E-state index in [1.165, 1.54) is 6.07 Å². The number of rotatable bonds is 6. The molecule has 1 aliphatic rings. The molecule has 0 radical (unpaired) electrons. The van der Waals surface area contributed by atoms with Crippen molar-refractivity contribution in [3.63, 3.8) is 0 Å². The summed E-state index contributed by atoms with van der Waals surface area (Å²) in [6.45, 7) is 5.71. The first-order chi connectivity index (χ1) is 17.7. The number of carbonyl (C=O) groups is 1. The highest BCUT2D eigenvalue weighted by atomic mass is 19.1. The molecule has 0 aliphatic heterocycles. The highest BCUT2D eigenvalue weighted by Gasteiger charge is 2.25. The average Bonchev–Trinajstić information content (AvgIpc) is 3.53. The normalized spacial score (nSPS) is 18.2. The second-order valence-electron chi connectivity index (χ2n) is 10.6. The Balaban J connectivity index is 1.33. The molecule has 1 aromatic carbocycles. The van der Waals surface area contributed by atoms with Gasteiger partial charge in [-0.05, 0) is 48.9 Å². The van der Waals surface area contributed by atoms with Crippen molar-refractivity contribution in [3.8, 4) is 11.1 Å². The Kier molecular flexibility index (Phi) is 6.63. The minimum atomic E-state index is -0.531. The zero-order valence-corrected chi connectivity index (χ0v) is 21.1. The molecule has 0 saturated heterocycles. The Morgan fingerprint density at radius 2 is 2.00 bits per heavy atom. The van der Waals surface area contributed by atoms with Gasteiger partial charge in [0, 0.05) is 35.8 Å². The predicted molar refractivity (Wildman–Crippen MR) is 137 cm³/mol. The molecule has 5 N–H and O–H groups in total. The third-order valence-corrected chi connectivity index (χ3v) is 6.65. The fraction of sp³-hybridized carbons (Fsp3) is 0.423. The van der Waals surface area contributed by atoms with Crippen LogP contribution in [0.4, 0.5) is 10.2 Å². The van der Waals surface area contributed by atoms with E-state index >= 15 is 4.39 Å². The summed E-state index contributed by atoms with van der Waals surface area (Å²) in [6.07, 6.45) is 5.56. The van der Waals surface area contributed by atoms with Crippen LogP contribution in [0.25, 0.3) is 22.2 Å². The zero-order valence-electron chi connectivity index (χ0n) is 21.1. The molecule has 1 fully saturated rings. The van der Waals surface area contributed by atoms with E-state index in [1.54, 1.807) is 12.3 Å². The summed E-state index contributed by atoms with van der Waals surface area (Å²) in [7, 11) is 0. The highest BCUT2D eigenvalue weighted by Crippen LogP contribution is 2.33. The molecule has 0 atom stereocenters. The van der Waals surface area contributed by atoms with Gasteiger partial charge in [-0.15, -0.1) is 0 Å². The summed E-state index contributed by atoms with van der Waals surface area (Å²) in [4.78, 5) is 21.0. The second-order valence-corrected chi connectivity index (χ2v) is 10.6. The maximum absolute atomic E-state index is 15.1. The summed E-state index contributed by atoms with van der Waals surface area (Å²) >= 11 is 0. The fourth-order valence-electron chi connectivity index (χ4n) is 4.49. The molecule has 0 bridgehead atoms. The monoisotopic (exact) mass is 506 g/mol. The number of nitrogens with one attached hydrogen (secondary N) is 3. The number of amides is 1. The third kappa shape index (κ3) is 5.31. The molecule has 5 rings (SSSR count). The predicted octanol–water partition coefficient (Wildman–Crippen LogP) is 4.06. The largest absolute Gasteiger partial charge is 0.365 e. The Labute approximate surface area is 213 Å². The summed E-state index contributed by atoms with van der Waals surface area (Å²) in [5.41, 5.74) is 8.12. The van der Waals surface area contributed by atoms with E-state index in [0.29, 0.717) is 28.5 Å². The van der Waals surface area contributed by atoms with E-state index in [9.17, 15) is 4.79 Å². The van der Waals surface area contributed by atoms with Crippen LogP contribution in [0.1, 0.15) is 68.5 Å². The van der Waals surface area contributed by atoms with Gasteiger partial charge in [0.1, 0.15) is 5.82 Å².